The molecule has 0 bridgehead atoms. The van der Waals surface area contributed by atoms with E-state index in [9.17, 15) is 13.5 Å². The molecule has 106 valence electrons. The van der Waals surface area contributed by atoms with Gasteiger partial charge in [-0.2, -0.15) is 0 Å². The van der Waals surface area contributed by atoms with Crippen LogP contribution < -0.4 is 4.72 Å². The topological polar surface area (TPSA) is 66.4 Å². The summed E-state index contributed by atoms with van der Waals surface area (Å²) in [4.78, 5) is 0.175. The van der Waals surface area contributed by atoms with Gasteiger partial charge in [-0.15, -0.1) is 0 Å². The second-order valence-electron chi connectivity index (χ2n) is 4.54. The molecule has 20 heavy (non-hydrogen) atoms. The van der Waals surface area contributed by atoms with Gasteiger partial charge >= 0.3 is 0 Å². The molecule has 4 nitrogen and oxygen atoms in total. The van der Waals surface area contributed by atoms with Gasteiger partial charge in [0.2, 0.25) is 0 Å². The molecule has 0 spiro atoms. The van der Waals surface area contributed by atoms with Crippen LogP contribution in [-0.2, 0) is 10.0 Å². The minimum absolute atomic E-state index is 0.129. The first-order valence-electron chi connectivity index (χ1n) is 5.88. The summed E-state index contributed by atoms with van der Waals surface area (Å²) in [7, 11) is -3.67. The van der Waals surface area contributed by atoms with Gasteiger partial charge in [0.25, 0.3) is 10.0 Å². The van der Waals surface area contributed by atoms with Crippen LogP contribution >= 0.6 is 15.9 Å². The van der Waals surface area contributed by atoms with E-state index in [2.05, 4.69) is 20.7 Å². The molecule has 2 aromatic rings. The molecule has 0 fully saturated rings. The van der Waals surface area contributed by atoms with Crippen LogP contribution in [0.15, 0.2) is 45.8 Å². The molecule has 2 N–H and O–H groups in total. The highest BCUT2D eigenvalue weighted by molar-refractivity contribution is 9.10. The lowest BCUT2D eigenvalue weighted by atomic mass is 10.2. The zero-order valence-electron chi connectivity index (χ0n) is 11.0. The average Bonchev–Trinajstić information content (AvgIpc) is 2.33. The summed E-state index contributed by atoms with van der Waals surface area (Å²) in [5.41, 5.74) is 1.98. The molecule has 2 aromatic carbocycles. The predicted octanol–water partition coefficient (Wildman–Crippen LogP) is 3.57. The van der Waals surface area contributed by atoms with Crippen LogP contribution in [0.5, 0.6) is 5.75 Å². The summed E-state index contributed by atoms with van der Waals surface area (Å²) in [6.07, 6.45) is 0. The number of aromatic hydroxyl groups is 1. The summed E-state index contributed by atoms with van der Waals surface area (Å²) < 4.78 is 27.7. The van der Waals surface area contributed by atoms with Crippen molar-refractivity contribution >= 4 is 31.6 Å². The maximum Gasteiger partial charge on any atom is 0.263 e. The molecule has 6 heteroatoms. The number of hydrogen-bond acceptors (Lipinski definition) is 3. The molecule has 0 unspecified atom stereocenters. The van der Waals surface area contributed by atoms with Crippen LogP contribution in [0.2, 0.25) is 0 Å². The number of aryl methyl sites for hydroxylation is 2. The van der Waals surface area contributed by atoms with Crippen molar-refractivity contribution in [2.45, 2.75) is 18.7 Å². The Kier molecular flexibility index (Phi) is 4.06. The lowest BCUT2D eigenvalue weighted by molar-refractivity contribution is 0.471. The van der Waals surface area contributed by atoms with Crippen molar-refractivity contribution < 1.29 is 13.5 Å². The molecule has 0 saturated carbocycles. The molecule has 0 aliphatic carbocycles. The minimum Gasteiger partial charge on any atom is -0.508 e. The Balaban J connectivity index is 2.38. The van der Waals surface area contributed by atoms with E-state index in [-0.39, 0.29) is 10.6 Å². The summed E-state index contributed by atoms with van der Waals surface area (Å²) in [6, 6.07) is 9.58. The Morgan fingerprint density at radius 2 is 1.80 bits per heavy atom. The Morgan fingerprint density at radius 3 is 2.40 bits per heavy atom. The molecule has 0 aliphatic heterocycles. The Morgan fingerprint density at radius 1 is 1.10 bits per heavy atom. The van der Waals surface area contributed by atoms with Crippen LogP contribution in [-0.4, -0.2) is 13.5 Å². The molecule has 0 heterocycles. The minimum atomic E-state index is -3.67. The number of phenolic OH excluding ortho intramolecular Hbond substituents is 1. The zero-order valence-corrected chi connectivity index (χ0v) is 13.4. The maximum atomic E-state index is 12.3. The highest BCUT2D eigenvalue weighted by atomic mass is 79.9. The fourth-order valence-electron chi connectivity index (χ4n) is 1.75. The predicted molar refractivity (Wildman–Crippen MR) is 82.5 cm³/mol. The number of sulfonamides is 1. The fourth-order valence-corrected chi connectivity index (χ4v) is 4.00. The normalized spacial score (nSPS) is 11.3. The standard InChI is InChI=1S/C14H14BrNO3S/c1-9-3-6-14(12(15)7-9)20(18,19)16-11-4-5-13(17)10(2)8-11/h3-8,16-17H,1-2H3. The van der Waals surface area contributed by atoms with E-state index in [0.29, 0.717) is 15.7 Å². The lowest BCUT2D eigenvalue weighted by Gasteiger charge is -2.11. The van der Waals surface area contributed by atoms with Crippen LogP contribution in [0.25, 0.3) is 0 Å². The molecule has 0 saturated heterocycles. The summed E-state index contributed by atoms with van der Waals surface area (Å²) in [6.45, 7) is 3.59. The van der Waals surface area contributed by atoms with Crippen LogP contribution in [0.3, 0.4) is 0 Å². The Bertz CT molecular complexity index is 757. The van der Waals surface area contributed by atoms with Gasteiger partial charge in [0, 0.05) is 10.2 Å². The molecule has 0 atom stereocenters. The first-order valence-corrected chi connectivity index (χ1v) is 8.16. The van der Waals surface area contributed by atoms with Gasteiger partial charge in [-0.05, 0) is 71.2 Å². The van der Waals surface area contributed by atoms with Crippen molar-refractivity contribution in [1.29, 1.82) is 0 Å². The molecular weight excluding hydrogens is 342 g/mol. The van der Waals surface area contributed by atoms with E-state index in [1.54, 1.807) is 31.2 Å². The van der Waals surface area contributed by atoms with Crippen LogP contribution in [0.1, 0.15) is 11.1 Å². The third kappa shape index (κ3) is 3.13. The Hall–Kier alpha value is -1.53. The van der Waals surface area contributed by atoms with Gasteiger partial charge in [-0.1, -0.05) is 6.07 Å². The number of halogens is 1. The number of nitrogens with one attached hydrogen (secondary N) is 1. The maximum absolute atomic E-state index is 12.3. The third-order valence-corrected chi connectivity index (χ3v) is 5.18. The largest absolute Gasteiger partial charge is 0.508 e. The molecular formula is C14H14BrNO3S. The summed E-state index contributed by atoms with van der Waals surface area (Å²) in [5, 5.41) is 9.45. The van der Waals surface area contributed by atoms with Crippen LogP contribution in [0, 0.1) is 13.8 Å². The molecule has 0 aromatic heterocycles. The molecule has 0 amide bonds. The average molecular weight is 356 g/mol. The highest BCUT2D eigenvalue weighted by Gasteiger charge is 2.18. The van der Waals surface area contributed by atoms with Crippen molar-refractivity contribution in [2.24, 2.45) is 0 Å². The summed E-state index contributed by atoms with van der Waals surface area (Å²) >= 11 is 3.26. The monoisotopic (exact) mass is 355 g/mol. The van der Waals surface area contributed by atoms with E-state index >= 15 is 0 Å². The second-order valence-corrected chi connectivity index (χ2v) is 7.05. The molecule has 0 aliphatic rings. The second kappa shape index (κ2) is 5.46. The van der Waals surface area contributed by atoms with E-state index in [1.807, 2.05) is 6.92 Å². The van der Waals surface area contributed by atoms with E-state index in [0.717, 1.165) is 5.56 Å². The first-order chi connectivity index (χ1) is 9.29. The smallest absolute Gasteiger partial charge is 0.263 e. The van der Waals surface area contributed by atoms with E-state index < -0.39 is 10.0 Å². The highest BCUT2D eigenvalue weighted by Crippen LogP contribution is 2.27. The quantitative estimate of drug-likeness (QED) is 0.827. The molecule has 2 rings (SSSR count). The van der Waals surface area contributed by atoms with Gasteiger partial charge in [-0.25, -0.2) is 8.42 Å². The lowest BCUT2D eigenvalue weighted by Crippen LogP contribution is -2.13. The van der Waals surface area contributed by atoms with Crippen molar-refractivity contribution in [1.82, 2.24) is 0 Å². The van der Waals surface area contributed by atoms with Crippen LogP contribution in [0.4, 0.5) is 5.69 Å². The van der Waals surface area contributed by atoms with Crippen molar-refractivity contribution in [3.8, 4) is 5.75 Å². The number of hydrogen-bond donors (Lipinski definition) is 2. The Labute approximate surface area is 126 Å². The van der Waals surface area contributed by atoms with Gasteiger partial charge in [-0.3, -0.25) is 4.72 Å². The number of phenols is 1. The van der Waals surface area contributed by atoms with Crippen molar-refractivity contribution in [3.63, 3.8) is 0 Å². The van der Waals surface area contributed by atoms with E-state index in [4.69, 9.17) is 0 Å². The SMILES string of the molecule is Cc1ccc(S(=O)(=O)Nc2ccc(O)c(C)c2)c(Br)c1. The van der Waals surface area contributed by atoms with Gasteiger partial charge in [0.1, 0.15) is 10.6 Å². The fraction of sp³-hybridized carbons (Fsp3) is 0.143. The van der Waals surface area contributed by atoms with Crippen molar-refractivity contribution in [3.05, 3.63) is 52.0 Å². The molecule has 0 radical (unpaired) electrons. The van der Waals surface area contributed by atoms with Gasteiger partial charge in [0.15, 0.2) is 0 Å². The number of rotatable bonds is 3. The number of anilines is 1. The van der Waals surface area contributed by atoms with Gasteiger partial charge in [0.05, 0.1) is 0 Å². The third-order valence-electron chi connectivity index (χ3n) is 2.83. The van der Waals surface area contributed by atoms with E-state index in [1.165, 1.54) is 12.1 Å². The zero-order chi connectivity index (χ0) is 14.9. The number of benzene rings is 2. The first kappa shape index (κ1) is 14.9. The summed E-state index contributed by atoms with van der Waals surface area (Å²) in [5.74, 6) is 0.129. The van der Waals surface area contributed by atoms with Crippen molar-refractivity contribution in [2.75, 3.05) is 4.72 Å². The van der Waals surface area contributed by atoms with Gasteiger partial charge < -0.3 is 5.11 Å².